The average molecular weight is 366 g/mol. The third-order valence-corrected chi connectivity index (χ3v) is 6.63. The Hall–Kier alpha value is -2.09. The molecule has 1 heterocycles. The van der Waals surface area contributed by atoms with Crippen LogP contribution in [0.3, 0.4) is 0 Å². The maximum Gasteiger partial charge on any atom is 0.307 e. The Balaban J connectivity index is 1.72. The first-order valence-corrected chi connectivity index (χ1v) is 10.0. The zero-order valence-electron chi connectivity index (χ0n) is 14.1. The molecule has 2 N–H and O–H groups in total. The molecule has 25 heavy (non-hydrogen) atoms. The molecule has 136 valence electrons. The summed E-state index contributed by atoms with van der Waals surface area (Å²) in [6.45, 7) is 2.53. The molecule has 8 heteroatoms. The van der Waals surface area contributed by atoms with Gasteiger partial charge in [0.15, 0.2) is 0 Å². The number of carboxylic acid groups (broad SMARTS) is 1. The first kappa shape index (κ1) is 17.7. The van der Waals surface area contributed by atoms with Crippen molar-refractivity contribution in [1.82, 2.24) is 4.90 Å². The fourth-order valence-electron chi connectivity index (χ4n) is 3.57. The van der Waals surface area contributed by atoms with E-state index in [1.54, 1.807) is 29.2 Å². The molecule has 1 saturated heterocycles. The van der Waals surface area contributed by atoms with E-state index in [9.17, 15) is 18.0 Å². The molecule has 7 nitrogen and oxygen atoms in total. The van der Waals surface area contributed by atoms with Crippen molar-refractivity contribution in [3.8, 4) is 0 Å². The van der Waals surface area contributed by atoms with E-state index in [2.05, 4.69) is 4.72 Å². The molecule has 1 saturated carbocycles. The van der Waals surface area contributed by atoms with Gasteiger partial charge in [-0.3, -0.25) is 14.3 Å². The standard InChI is InChI=1S/C17H22N2O5S/c1-2-25(23,24)18-14-6-4-3-5-12(14)15(20)19-9-7-17(8-10-19)11-13(17)16(21)22/h3-6,13,18H,2,7-11H2,1H3,(H,21,22). The molecule has 0 aromatic heterocycles. The number of para-hydroxylation sites is 1. The lowest BCUT2D eigenvalue weighted by molar-refractivity contribution is -0.139. The van der Waals surface area contributed by atoms with Crippen LogP contribution in [0.15, 0.2) is 24.3 Å². The van der Waals surface area contributed by atoms with Crippen molar-refractivity contribution < 1.29 is 23.1 Å². The SMILES string of the molecule is CCS(=O)(=O)Nc1ccccc1C(=O)N1CCC2(CC1)CC2C(=O)O. The highest BCUT2D eigenvalue weighted by Gasteiger charge is 2.59. The van der Waals surface area contributed by atoms with Gasteiger partial charge in [-0.15, -0.1) is 0 Å². The van der Waals surface area contributed by atoms with Crippen LogP contribution in [0.5, 0.6) is 0 Å². The Morgan fingerprint density at radius 2 is 1.92 bits per heavy atom. The molecule has 1 aromatic rings. The molecule has 1 aromatic carbocycles. The van der Waals surface area contributed by atoms with Crippen LogP contribution in [0.2, 0.25) is 0 Å². The van der Waals surface area contributed by atoms with Gasteiger partial charge in [-0.25, -0.2) is 8.42 Å². The molecule has 0 radical (unpaired) electrons. The highest BCUT2D eigenvalue weighted by atomic mass is 32.2. The lowest BCUT2D eigenvalue weighted by Crippen LogP contribution is -2.40. The van der Waals surface area contributed by atoms with Gasteiger partial charge in [-0.2, -0.15) is 0 Å². The summed E-state index contributed by atoms with van der Waals surface area (Å²) in [5.41, 5.74) is 0.455. The summed E-state index contributed by atoms with van der Waals surface area (Å²) in [6.07, 6.45) is 2.05. The van der Waals surface area contributed by atoms with Crippen LogP contribution >= 0.6 is 0 Å². The maximum absolute atomic E-state index is 12.8. The largest absolute Gasteiger partial charge is 0.481 e. The predicted molar refractivity (Wildman–Crippen MR) is 92.8 cm³/mol. The Kier molecular flexibility index (Phi) is 4.49. The summed E-state index contributed by atoms with van der Waals surface area (Å²) in [5, 5.41) is 9.15. The van der Waals surface area contributed by atoms with E-state index in [4.69, 9.17) is 5.11 Å². The van der Waals surface area contributed by atoms with Crippen molar-refractivity contribution in [3.63, 3.8) is 0 Å². The van der Waals surface area contributed by atoms with Gasteiger partial charge < -0.3 is 10.0 Å². The molecule has 2 fully saturated rings. The number of nitrogens with zero attached hydrogens (tertiary/aromatic N) is 1. The third-order valence-electron chi connectivity index (χ3n) is 5.34. The zero-order valence-corrected chi connectivity index (χ0v) is 14.9. The molecule has 1 unspecified atom stereocenters. The Labute approximate surface area is 147 Å². The average Bonchev–Trinajstić information content (AvgIpc) is 3.29. The summed E-state index contributed by atoms with van der Waals surface area (Å²) in [5.74, 6) is -1.33. The van der Waals surface area contributed by atoms with Crippen LogP contribution in [0.25, 0.3) is 0 Å². The Morgan fingerprint density at radius 3 is 2.48 bits per heavy atom. The monoisotopic (exact) mass is 366 g/mol. The highest BCUT2D eigenvalue weighted by molar-refractivity contribution is 7.92. The molecule has 0 bridgehead atoms. The molecule has 2 aliphatic rings. The summed E-state index contributed by atoms with van der Waals surface area (Å²) in [4.78, 5) is 25.6. The van der Waals surface area contributed by atoms with Crippen LogP contribution in [-0.2, 0) is 14.8 Å². The number of piperidine rings is 1. The lowest BCUT2D eigenvalue weighted by atomic mass is 9.90. The molecule has 3 rings (SSSR count). The van der Waals surface area contributed by atoms with Crippen LogP contribution in [0, 0.1) is 11.3 Å². The number of likely N-dealkylation sites (tertiary alicyclic amines) is 1. The second-order valence-electron chi connectivity index (χ2n) is 6.80. The van der Waals surface area contributed by atoms with Crippen LogP contribution in [0.4, 0.5) is 5.69 Å². The van der Waals surface area contributed by atoms with Crippen molar-refractivity contribution in [2.45, 2.75) is 26.2 Å². The van der Waals surface area contributed by atoms with E-state index >= 15 is 0 Å². The number of hydrogen-bond acceptors (Lipinski definition) is 4. The van der Waals surface area contributed by atoms with Gasteiger partial charge in [0.1, 0.15) is 0 Å². The quantitative estimate of drug-likeness (QED) is 0.827. The number of carboxylic acids is 1. The first-order chi connectivity index (χ1) is 11.8. The molecular formula is C17H22N2O5S. The second kappa shape index (κ2) is 6.33. The summed E-state index contributed by atoms with van der Waals surface area (Å²) < 4.78 is 26.1. The maximum atomic E-state index is 12.8. The first-order valence-electron chi connectivity index (χ1n) is 8.39. The van der Waals surface area contributed by atoms with Crippen molar-refractivity contribution >= 4 is 27.6 Å². The van der Waals surface area contributed by atoms with Gasteiger partial charge in [-0.05, 0) is 43.7 Å². The molecule has 1 amide bonds. The molecule has 1 atom stereocenters. The highest BCUT2D eigenvalue weighted by Crippen LogP contribution is 2.59. The third kappa shape index (κ3) is 3.49. The van der Waals surface area contributed by atoms with Crippen molar-refractivity contribution in [2.24, 2.45) is 11.3 Å². The van der Waals surface area contributed by atoms with Gasteiger partial charge in [0, 0.05) is 13.1 Å². The lowest BCUT2D eigenvalue weighted by Gasteiger charge is -2.33. The molecule has 1 spiro atoms. The fourth-order valence-corrected chi connectivity index (χ4v) is 4.23. The van der Waals surface area contributed by atoms with E-state index in [-0.39, 0.29) is 28.7 Å². The molecule has 1 aliphatic carbocycles. The summed E-state index contributed by atoms with van der Waals surface area (Å²) in [6, 6.07) is 6.56. The van der Waals surface area contributed by atoms with E-state index in [0.29, 0.717) is 37.9 Å². The zero-order chi connectivity index (χ0) is 18.2. The fraction of sp³-hybridized carbons (Fsp3) is 0.529. The van der Waals surface area contributed by atoms with Gasteiger partial charge in [0.2, 0.25) is 10.0 Å². The van der Waals surface area contributed by atoms with Crippen molar-refractivity contribution in [2.75, 3.05) is 23.6 Å². The number of amides is 1. The van der Waals surface area contributed by atoms with Gasteiger partial charge in [0.05, 0.1) is 22.9 Å². The van der Waals surface area contributed by atoms with Crippen LogP contribution in [-0.4, -0.2) is 49.1 Å². The minimum atomic E-state index is -3.47. The van der Waals surface area contributed by atoms with E-state index < -0.39 is 16.0 Å². The number of sulfonamides is 1. The smallest absolute Gasteiger partial charge is 0.307 e. The minimum absolute atomic E-state index is 0.0711. The molecule has 1 aliphatic heterocycles. The summed E-state index contributed by atoms with van der Waals surface area (Å²) in [7, 11) is -3.47. The number of carbonyl (C=O) groups excluding carboxylic acids is 1. The number of rotatable bonds is 5. The number of nitrogens with one attached hydrogen (secondary N) is 1. The van der Waals surface area contributed by atoms with Gasteiger partial charge >= 0.3 is 5.97 Å². The molecular weight excluding hydrogens is 344 g/mol. The number of aliphatic carboxylic acids is 1. The number of benzene rings is 1. The van der Waals surface area contributed by atoms with E-state index in [1.165, 1.54) is 6.92 Å². The minimum Gasteiger partial charge on any atom is -0.481 e. The Morgan fingerprint density at radius 1 is 1.28 bits per heavy atom. The van der Waals surface area contributed by atoms with Crippen LogP contribution < -0.4 is 4.72 Å². The van der Waals surface area contributed by atoms with E-state index in [0.717, 1.165) is 0 Å². The number of anilines is 1. The topological polar surface area (TPSA) is 104 Å². The van der Waals surface area contributed by atoms with Crippen LogP contribution in [0.1, 0.15) is 36.5 Å². The second-order valence-corrected chi connectivity index (χ2v) is 8.81. The predicted octanol–water partition coefficient (Wildman–Crippen LogP) is 1.78. The summed E-state index contributed by atoms with van der Waals surface area (Å²) >= 11 is 0. The van der Waals surface area contributed by atoms with E-state index in [1.807, 2.05) is 0 Å². The number of carbonyl (C=O) groups is 2. The number of hydrogen-bond donors (Lipinski definition) is 2. The van der Waals surface area contributed by atoms with Gasteiger partial charge in [0.25, 0.3) is 5.91 Å². The normalized spacial score (nSPS) is 21.8. The Bertz CT molecular complexity index is 797. The van der Waals surface area contributed by atoms with Gasteiger partial charge in [-0.1, -0.05) is 12.1 Å². The van der Waals surface area contributed by atoms with Crippen molar-refractivity contribution in [1.29, 1.82) is 0 Å². The van der Waals surface area contributed by atoms with Crippen molar-refractivity contribution in [3.05, 3.63) is 29.8 Å².